The summed E-state index contributed by atoms with van der Waals surface area (Å²) in [6.07, 6.45) is -0.0970. The van der Waals surface area contributed by atoms with Crippen molar-refractivity contribution < 1.29 is 13.5 Å². The van der Waals surface area contributed by atoms with Crippen molar-refractivity contribution >= 4 is 10.2 Å². The maximum atomic E-state index is 11.2. The van der Waals surface area contributed by atoms with E-state index in [2.05, 4.69) is 9.44 Å². The van der Waals surface area contributed by atoms with Crippen molar-refractivity contribution in [3.63, 3.8) is 0 Å². The van der Waals surface area contributed by atoms with Crippen molar-refractivity contribution in [2.45, 2.75) is 40.2 Å². The lowest BCUT2D eigenvalue weighted by Crippen LogP contribution is -2.41. The van der Waals surface area contributed by atoms with Crippen LogP contribution in [0, 0.1) is 5.41 Å². The number of rotatable bonds is 6. The Bertz CT molecular complexity index is 270. The lowest BCUT2D eigenvalue weighted by molar-refractivity contribution is 0.125. The van der Waals surface area contributed by atoms with Crippen LogP contribution in [0.25, 0.3) is 0 Å². The lowest BCUT2D eigenvalue weighted by atomic mass is 9.89. The highest BCUT2D eigenvalue weighted by Crippen LogP contribution is 2.20. The minimum absolute atomic E-state index is 0.0109. The molecule has 0 fully saturated rings. The molecule has 15 heavy (non-hydrogen) atoms. The second kappa shape index (κ2) is 5.79. The van der Waals surface area contributed by atoms with Crippen LogP contribution in [0.5, 0.6) is 0 Å². The Morgan fingerprint density at radius 3 is 2.20 bits per heavy atom. The quantitative estimate of drug-likeness (QED) is 0.620. The van der Waals surface area contributed by atoms with Crippen molar-refractivity contribution in [1.82, 2.24) is 9.44 Å². The fourth-order valence-electron chi connectivity index (χ4n) is 1.23. The van der Waals surface area contributed by atoms with Gasteiger partial charge in [-0.1, -0.05) is 27.7 Å². The molecule has 1 unspecified atom stereocenters. The van der Waals surface area contributed by atoms with Crippen LogP contribution in [0.1, 0.15) is 34.1 Å². The maximum absolute atomic E-state index is 11.2. The normalized spacial score (nSPS) is 15.3. The zero-order valence-corrected chi connectivity index (χ0v) is 10.7. The first kappa shape index (κ1) is 14.8. The van der Waals surface area contributed by atoms with Gasteiger partial charge in [-0.05, 0) is 11.8 Å². The Morgan fingerprint density at radius 1 is 1.27 bits per heavy atom. The molecule has 3 N–H and O–H groups in total. The molecule has 0 aliphatic carbocycles. The molecule has 0 aliphatic rings. The van der Waals surface area contributed by atoms with Gasteiger partial charge < -0.3 is 5.11 Å². The summed E-state index contributed by atoms with van der Waals surface area (Å²) in [6, 6.07) is 0. The van der Waals surface area contributed by atoms with E-state index < -0.39 is 16.3 Å². The number of hydrogen-bond acceptors (Lipinski definition) is 3. The maximum Gasteiger partial charge on any atom is 0.276 e. The highest BCUT2D eigenvalue weighted by molar-refractivity contribution is 7.87. The van der Waals surface area contributed by atoms with Crippen molar-refractivity contribution in [3.8, 4) is 0 Å². The summed E-state index contributed by atoms with van der Waals surface area (Å²) >= 11 is 0. The third-order valence-corrected chi connectivity index (χ3v) is 2.91. The molecule has 0 bridgehead atoms. The zero-order chi connectivity index (χ0) is 12.1. The van der Waals surface area contributed by atoms with Gasteiger partial charge in [0.2, 0.25) is 0 Å². The molecule has 0 amide bonds. The van der Waals surface area contributed by atoms with Crippen LogP contribution in [0.2, 0.25) is 0 Å². The van der Waals surface area contributed by atoms with E-state index in [1.807, 2.05) is 20.8 Å². The summed E-state index contributed by atoms with van der Waals surface area (Å²) in [7, 11) is -3.44. The SMILES string of the molecule is CCNS(=O)(=O)NCC(O)CC(C)(C)C. The first-order chi connectivity index (χ1) is 6.66. The molecule has 5 nitrogen and oxygen atoms in total. The molecule has 0 radical (unpaired) electrons. The predicted octanol–water partition coefficient (Wildman–Crippen LogP) is 0.227. The van der Waals surface area contributed by atoms with Gasteiger partial charge in [0, 0.05) is 13.1 Å². The largest absolute Gasteiger partial charge is 0.392 e. The van der Waals surface area contributed by atoms with Crippen LogP contribution in [0.4, 0.5) is 0 Å². The molecule has 0 saturated carbocycles. The minimum atomic E-state index is -3.44. The third-order valence-electron chi connectivity index (χ3n) is 1.69. The second-order valence-electron chi connectivity index (χ2n) is 4.77. The van der Waals surface area contributed by atoms with Gasteiger partial charge in [-0.2, -0.15) is 13.1 Å². The standard InChI is InChI=1S/C9H22N2O3S/c1-5-10-15(13,14)11-7-8(12)6-9(2,3)4/h8,10-12H,5-7H2,1-4H3. The van der Waals surface area contributed by atoms with Crippen LogP contribution in [-0.2, 0) is 10.2 Å². The molecule has 1 atom stereocenters. The van der Waals surface area contributed by atoms with Gasteiger partial charge in [-0.25, -0.2) is 4.72 Å². The van der Waals surface area contributed by atoms with Gasteiger partial charge in [-0.3, -0.25) is 0 Å². The topological polar surface area (TPSA) is 78.4 Å². The van der Waals surface area contributed by atoms with Crippen molar-refractivity contribution in [1.29, 1.82) is 0 Å². The van der Waals surface area contributed by atoms with Gasteiger partial charge in [0.1, 0.15) is 0 Å². The van der Waals surface area contributed by atoms with E-state index in [0.717, 1.165) is 0 Å². The summed E-state index contributed by atoms with van der Waals surface area (Å²) < 4.78 is 26.9. The van der Waals surface area contributed by atoms with Crippen LogP contribution >= 0.6 is 0 Å². The molecule has 0 aromatic heterocycles. The summed E-state index contributed by atoms with van der Waals surface area (Å²) in [5.74, 6) is 0. The van der Waals surface area contributed by atoms with E-state index in [9.17, 15) is 13.5 Å². The van der Waals surface area contributed by atoms with E-state index in [0.29, 0.717) is 13.0 Å². The smallest absolute Gasteiger partial charge is 0.276 e. The summed E-state index contributed by atoms with van der Waals surface area (Å²) in [5.41, 5.74) is -0.0109. The molecule has 0 rings (SSSR count). The molecule has 0 heterocycles. The van der Waals surface area contributed by atoms with E-state index in [1.165, 1.54) is 0 Å². The van der Waals surface area contributed by atoms with E-state index in [4.69, 9.17) is 0 Å². The van der Waals surface area contributed by atoms with E-state index in [1.54, 1.807) is 6.92 Å². The number of nitrogens with one attached hydrogen (secondary N) is 2. The highest BCUT2D eigenvalue weighted by atomic mass is 32.2. The molecule has 0 aliphatic heterocycles. The number of aliphatic hydroxyl groups is 1. The molecule has 0 aromatic carbocycles. The molecule has 0 aromatic rings. The summed E-state index contributed by atoms with van der Waals surface area (Å²) in [6.45, 7) is 8.07. The van der Waals surface area contributed by atoms with E-state index in [-0.39, 0.29) is 12.0 Å². The van der Waals surface area contributed by atoms with Crippen molar-refractivity contribution in [2.24, 2.45) is 5.41 Å². The second-order valence-corrected chi connectivity index (χ2v) is 6.35. The average Bonchev–Trinajstić information content (AvgIpc) is 1.98. The zero-order valence-electron chi connectivity index (χ0n) is 9.87. The third kappa shape index (κ3) is 8.80. The van der Waals surface area contributed by atoms with Crippen LogP contribution in [0.3, 0.4) is 0 Å². The monoisotopic (exact) mass is 238 g/mol. The minimum Gasteiger partial charge on any atom is -0.392 e. The summed E-state index contributed by atoms with van der Waals surface area (Å²) in [5, 5.41) is 9.56. The van der Waals surface area contributed by atoms with Gasteiger partial charge in [0.15, 0.2) is 0 Å². The molecular formula is C9H22N2O3S. The molecule has 0 saturated heterocycles. The number of aliphatic hydroxyl groups excluding tert-OH is 1. The fourth-order valence-corrected chi connectivity index (χ4v) is 2.12. The van der Waals surface area contributed by atoms with Crippen LogP contribution in [0.15, 0.2) is 0 Å². The average molecular weight is 238 g/mol. The Morgan fingerprint density at radius 2 is 1.80 bits per heavy atom. The van der Waals surface area contributed by atoms with Gasteiger partial charge in [0.25, 0.3) is 10.2 Å². The Hall–Kier alpha value is -0.170. The molecular weight excluding hydrogens is 216 g/mol. The summed E-state index contributed by atoms with van der Waals surface area (Å²) in [4.78, 5) is 0. The molecule has 0 spiro atoms. The van der Waals surface area contributed by atoms with Crippen molar-refractivity contribution in [2.75, 3.05) is 13.1 Å². The first-order valence-corrected chi connectivity index (χ1v) is 6.57. The Kier molecular flexibility index (Phi) is 5.72. The van der Waals surface area contributed by atoms with Gasteiger partial charge in [-0.15, -0.1) is 0 Å². The van der Waals surface area contributed by atoms with Gasteiger partial charge in [0.05, 0.1) is 6.10 Å². The first-order valence-electron chi connectivity index (χ1n) is 5.08. The molecule has 92 valence electrons. The van der Waals surface area contributed by atoms with Gasteiger partial charge >= 0.3 is 0 Å². The Balaban J connectivity index is 3.96. The van der Waals surface area contributed by atoms with Crippen LogP contribution in [-0.4, -0.2) is 32.7 Å². The Labute approximate surface area is 92.4 Å². The number of hydrogen-bond donors (Lipinski definition) is 3. The molecule has 6 heteroatoms. The highest BCUT2D eigenvalue weighted by Gasteiger charge is 2.18. The van der Waals surface area contributed by atoms with E-state index >= 15 is 0 Å². The lowest BCUT2D eigenvalue weighted by Gasteiger charge is -2.22. The predicted molar refractivity (Wildman–Crippen MR) is 60.7 cm³/mol. The van der Waals surface area contributed by atoms with Crippen molar-refractivity contribution in [3.05, 3.63) is 0 Å². The fraction of sp³-hybridized carbons (Fsp3) is 1.00. The van der Waals surface area contributed by atoms with Crippen LogP contribution < -0.4 is 9.44 Å².